The zero-order chi connectivity index (χ0) is 12.0. The van der Waals surface area contributed by atoms with Gasteiger partial charge in [-0.15, -0.1) is 0 Å². The Hall–Kier alpha value is -0.930. The molecule has 0 saturated carbocycles. The number of carbonyl (C=O) groups is 1. The van der Waals surface area contributed by atoms with Crippen molar-refractivity contribution in [2.75, 3.05) is 11.9 Å². The Bertz CT molecular complexity index is 349. The Morgan fingerprint density at radius 2 is 1.88 bits per heavy atom. The first-order valence-corrected chi connectivity index (χ1v) is 5.88. The summed E-state index contributed by atoms with van der Waals surface area (Å²) in [6.45, 7) is 2.73. The molecular weight excluding hydrogens is 247 g/mol. The van der Waals surface area contributed by atoms with E-state index < -0.39 is 0 Å². The normalized spacial score (nSPS) is 9.94. The quantitative estimate of drug-likeness (QED) is 0.792. The SMILES string of the molecule is CCCCNC(=O)Nc1cc(Cl)cc(Cl)c1. The first-order chi connectivity index (χ1) is 7.61. The number of rotatable bonds is 4. The number of amides is 2. The van der Waals surface area contributed by atoms with Crippen molar-refractivity contribution in [2.24, 2.45) is 0 Å². The van der Waals surface area contributed by atoms with Crippen molar-refractivity contribution in [3.8, 4) is 0 Å². The molecular formula is C11H14Cl2N2O. The van der Waals surface area contributed by atoms with Gasteiger partial charge in [0.15, 0.2) is 0 Å². The van der Waals surface area contributed by atoms with Crippen molar-refractivity contribution in [1.82, 2.24) is 5.32 Å². The van der Waals surface area contributed by atoms with Crippen LogP contribution in [0.2, 0.25) is 10.0 Å². The topological polar surface area (TPSA) is 41.1 Å². The molecule has 0 fully saturated rings. The molecule has 0 bridgehead atoms. The minimum absolute atomic E-state index is 0.244. The molecule has 0 heterocycles. The van der Waals surface area contributed by atoms with Gasteiger partial charge in [-0.25, -0.2) is 4.79 Å². The number of unbranched alkanes of at least 4 members (excludes halogenated alkanes) is 1. The minimum Gasteiger partial charge on any atom is -0.338 e. The summed E-state index contributed by atoms with van der Waals surface area (Å²) < 4.78 is 0. The second kappa shape index (κ2) is 6.61. The molecule has 5 heteroatoms. The van der Waals surface area contributed by atoms with Crippen LogP contribution in [0.4, 0.5) is 10.5 Å². The first-order valence-electron chi connectivity index (χ1n) is 5.12. The van der Waals surface area contributed by atoms with Crippen LogP contribution in [0, 0.1) is 0 Å². The molecule has 0 aliphatic carbocycles. The third-order valence-corrected chi connectivity index (χ3v) is 2.37. The maximum atomic E-state index is 11.4. The highest BCUT2D eigenvalue weighted by atomic mass is 35.5. The number of urea groups is 1. The lowest BCUT2D eigenvalue weighted by molar-refractivity contribution is 0.252. The van der Waals surface area contributed by atoms with E-state index in [4.69, 9.17) is 23.2 Å². The van der Waals surface area contributed by atoms with Crippen LogP contribution >= 0.6 is 23.2 Å². The largest absolute Gasteiger partial charge is 0.338 e. The molecule has 0 radical (unpaired) electrons. The monoisotopic (exact) mass is 260 g/mol. The standard InChI is InChI=1S/C11H14Cl2N2O/c1-2-3-4-14-11(16)15-10-6-8(12)5-9(13)7-10/h5-7H,2-4H2,1H3,(H2,14,15,16). The van der Waals surface area contributed by atoms with Gasteiger partial charge >= 0.3 is 6.03 Å². The van der Waals surface area contributed by atoms with Crippen LogP contribution in [0.5, 0.6) is 0 Å². The van der Waals surface area contributed by atoms with Crippen LogP contribution < -0.4 is 10.6 Å². The van der Waals surface area contributed by atoms with E-state index in [1.807, 2.05) is 0 Å². The van der Waals surface area contributed by atoms with Gasteiger partial charge in [0.2, 0.25) is 0 Å². The average molecular weight is 261 g/mol. The van der Waals surface area contributed by atoms with Crippen molar-refractivity contribution in [3.63, 3.8) is 0 Å². The number of benzene rings is 1. The summed E-state index contributed by atoms with van der Waals surface area (Å²) in [5.41, 5.74) is 0.589. The van der Waals surface area contributed by atoms with Gasteiger partial charge in [0.05, 0.1) is 0 Å². The Balaban J connectivity index is 2.49. The van der Waals surface area contributed by atoms with Gasteiger partial charge in [0.25, 0.3) is 0 Å². The number of nitrogens with one attached hydrogen (secondary N) is 2. The molecule has 3 nitrogen and oxygen atoms in total. The van der Waals surface area contributed by atoms with E-state index in [-0.39, 0.29) is 6.03 Å². The fourth-order valence-electron chi connectivity index (χ4n) is 1.18. The summed E-state index contributed by atoms with van der Waals surface area (Å²) >= 11 is 11.6. The van der Waals surface area contributed by atoms with E-state index in [0.29, 0.717) is 22.3 Å². The molecule has 2 N–H and O–H groups in total. The number of carbonyl (C=O) groups excluding carboxylic acids is 1. The van der Waals surface area contributed by atoms with E-state index >= 15 is 0 Å². The van der Waals surface area contributed by atoms with Crippen LogP contribution in [0.3, 0.4) is 0 Å². The molecule has 0 unspecified atom stereocenters. The van der Waals surface area contributed by atoms with Crippen molar-refractivity contribution in [2.45, 2.75) is 19.8 Å². The summed E-state index contributed by atoms with van der Waals surface area (Å²) in [7, 11) is 0. The molecule has 0 aromatic heterocycles. The molecule has 0 aliphatic rings. The maximum Gasteiger partial charge on any atom is 0.319 e. The summed E-state index contributed by atoms with van der Waals surface area (Å²) in [4.78, 5) is 11.4. The Kier molecular flexibility index (Phi) is 5.43. The van der Waals surface area contributed by atoms with Crippen LogP contribution in [-0.2, 0) is 0 Å². The third kappa shape index (κ3) is 4.73. The smallest absolute Gasteiger partial charge is 0.319 e. The Labute approximate surface area is 105 Å². The van der Waals surface area contributed by atoms with Crippen molar-refractivity contribution in [1.29, 1.82) is 0 Å². The third-order valence-electron chi connectivity index (χ3n) is 1.94. The molecule has 1 aromatic carbocycles. The molecule has 2 amide bonds. The molecule has 1 rings (SSSR count). The second-order valence-corrected chi connectivity index (χ2v) is 4.27. The average Bonchev–Trinajstić information content (AvgIpc) is 2.16. The van der Waals surface area contributed by atoms with Gasteiger partial charge in [-0.1, -0.05) is 36.5 Å². The van der Waals surface area contributed by atoms with E-state index in [1.165, 1.54) is 0 Å². The van der Waals surface area contributed by atoms with Crippen LogP contribution in [-0.4, -0.2) is 12.6 Å². The molecule has 0 saturated heterocycles. The van der Waals surface area contributed by atoms with Gasteiger partial charge in [0.1, 0.15) is 0 Å². The van der Waals surface area contributed by atoms with Crippen LogP contribution in [0.25, 0.3) is 0 Å². The lowest BCUT2D eigenvalue weighted by Crippen LogP contribution is -2.29. The summed E-state index contributed by atoms with van der Waals surface area (Å²) in [5, 5.41) is 6.39. The fraction of sp³-hybridized carbons (Fsp3) is 0.364. The molecule has 0 aliphatic heterocycles. The van der Waals surface area contributed by atoms with Crippen molar-refractivity contribution in [3.05, 3.63) is 28.2 Å². The lowest BCUT2D eigenvalue weighted by atomic mass is 10.3. The molecule has 88 valence electrons. The fourth-order valence-corrected chi connectivity index (χ4v) is 1.71. The van der Waals surface area contributed by atoms with Crippen LogP contribution in [0.1, 0.15) is 19.8 Å². The highest BCUT2D eigenvalue weighted by Gasteiger charge is 2.02. The first kappa shape index (κ1) is 13.1. The highest BCUT2D eigenvalue weighted by molar-refractivity contribution is 6.35. The van der Waals surface area contributed by atoms with Crippen LogP contribution in [0.15, 0.2) is 18.2 Å². The van der Waals surface area contributed by atoms with Crippen molar-refractivity contribution >= 4 is 34.9 Å². The minimum atomic E-state index is -0.244. The molecule has 16 heavy (non-hydrogen) atoms. The number of hydrogen-bond donors (Lipinski definition) is 2. The highest BCUT2D eigenvalue weighted by Crippen LogP contribution is 2.22. The molecule has 1 aromatic rings. The maximum absolute atomic E-state index is 11.4. The molecule has 0 spiro atoms. The van der Waals surface area contributed by atoms with Crippen molar-refractivity contribution < 1.29 is 4.79 Å². The summed E-state index contributed by atoms with van der Waals surface area (Å²) in [6, 6.07) is 4.66. The number of anilines is 1. The zero-order valence-electron chi connectivity index (χ0n) is 9.02. The van der Waals surface area contributed by atoms with Gasteiger partial charge in [-0.2, -0.15) is 0 Å². The number of halogens is 2. The van der Waals surface area contributed by atoms with E-state index in [0.717, 1.165) is 12.8 Å². The summed E-state index contributed by atoms with van der Waals surface area (Å²) in [6.07, 6.45) is 2.01. The summed E-state index contributed by atoms with van der Waals surface area (Å²) in [5.74, 6) is 0. The Morgan fingerprint density at radius 1 is 1.25 bits per heavy atom. The van der Waals surface area contributed by atoms with E-state index in [9.17, 15) is 4.79 Å². The van der Waals surface area contributed by atoms with Gasteiger partial charge in [-0.3, -0.25) is 0 Å². The lowest BCUT2D eigenvalue weighted by Gasteiger charge is -2.07. The van der Waals surface area contributed by atoms with Gasteiger partial charge in [-0.05, 0) is 24.6 Å². The number of hydrogen-bond acceptors (Lipinski definition) is 1. The van der Waals surface area contributed by atoms with Gasteiger partial charge < -0.3 is 10.6 Å². The predicted molar refractivity (Wildman–Crippen MR) is 68.4 cm³/mol. The zero-order valence-corrected chi connectivity index (χ0v) is 10.5. The Morgan fingerprint density at radius 3 is 2.44 bits per heavy atom. The second-order valence-electron chi connectivity index (χ2n) is 3.39. The van der Waals surface area contributed by atoms with E-state index in [1.54, 1.807) is 18.2 Å². The molecule has 0 atom stereocenters. The van der Waals surface area contributed by atoms with E-state index in [2.05, 4.69) is 17.6 Å². The predicted octanol–water partition coefficient (Wildman–Crippen LogP) is 3.92. The van der Waals surface area contributed by atoms with Gasteiger partial charge in [0, 0.05) is 22.3 Å².